The van der Waals surface area contributed by atoms with Crippen molar-refractivity contribution in [1.82, 2.24) is 14.5 Å². The van der Waals surface area contributed by atoms with E-state index in [4.69, 9.17) is 9.72 Å². The first-order valence-corrected chi connectivity index (χ1v) is 9.53. The number of likely N-dealkylation sites (tertiary alicyclic amines) is 1. The zero-order chi connectivity index (χ0) is 18.8. The highest BCUT2D eigenvalue weighted by molar-refractivity contribution is 5.84. The largest absolute Gasteiger partial charge is 0.497 e. The predicted octanol–water partition coefficient (Wildman–Crippen LogP) is 3.97. The fourth-order valence-corrected chi connectivity index (χ4v) is 3.69. The van der Waals surface area contributed by atoms with E-state index in [0.29, 0.717) is 12.5 Å². The number of carbonyl (C=O) groups is 1. The van der Waals surface area contributed by atoms with Crippen LogP contribution in [0.15, 0.2) is 48.5 Å². The molecule has 3 aromatic rings. The normalized spacial score (nSPS) is 15.3. The molecule has 0 atom stereocenters. The van der Waals surface area contributed by atoms with Crippen LogP contribution >= 0.6 is 0 Å². The summed E-state index contributed by atoms with van der Waals surface area (Å²) in [5.41, 5.74) is 2.87. The Morgan fingerprint density at radius 2 is 1.81 bits per heavy atom. The first-order valence-electron chi connectivity index (χ1n) is 9.53. The summed E-state index contributed by atoms with van der Waals surface area (Å²) in [6, 6.07) is 15.8. The van der Waals surface area contributed by atoms with Gasteiger partial charge in [-0.3, -0.25) is 4.79 Å². The lowest BCUT2D eigenvalue weighted by Crippen LogP contribution is -2.39. The number of rotatable bonds is 4. The van der Waals surface area contributed by atoms with Gasteiger partial charge in [-0.05, 0) is 55.2 Å². The van der Waals surface area contributed by atoms with E-state index >= 15 is 0 Å². The standard InChI is InChI=1S/C22H25N3O2/c1-16-11-13-24(14-12-16)21(26)15-25-20-6-4-3-5-19(20)23-22(25)17-7-9-18(27-2)10-8-17/h3-10,16H,11-15H2,1-2H3. The molecule has 0 saturated carbocycles. The van der Waals surface area contributed by atoms with Crippen molar-refractivity contribution in [1.29, 1.82) is 0 Å². The van der Waals surface area contributed by atoms with E-state index in [2.05, 4.69) is 6.92 Å². The molecule has 1 aliphatic rings. The SMILES string of the molecule is COc1ccc(-c2nc3ccccc3n2CC(=O)N2CCC(C)CC2)cc1. The van der Waals surface area contributed by atoms with E-state index < -0.39 is 0 Å². The van der Waals surface area contributed by atoms with Crippen LogP contribution in [-0.4, -0.2) is 40.6 Å². The third-order valence-corrected chi connectivity index (χ3v) is 5.43. The Morgan fingerprint density at radius 3 is 2.52 bits per heavy atom. The molecule has 2 heterocycles. The molecule has 0 bridgehead atoms. The van der Waals surface area contributed by atoms with Crippen molar-refractivity contribution in [3.8, 4) is 17.1 Å². The van der Waals surface area contributed by atoms with Crippen LogP contribution in [0.1, 0.15) is 19.8 Å². The molecular formula is C22H25N3O2. The number of ether oxygens (including phenoxy) is 1. The van der Waals surface area contributed by atoms with E-state index in [0.717, 1.165) is 54.1 Å². The number of imidazole rings is 1. The monoisotopic (exact) mass is 363 g/mol. The zero-order valence-corrected chi connectivity index (χ0v) is 15.9. The summed E-state index contributed by atoms with van der Waals surface area (Å²) < 4.78 is 7.30. The number of nitrogens with zero attached hydrogens (tertiary/aromatic N) is 3. The Balaban J connectivity index is 1.68. The highest BCUT2D eigenvalue weighted by atomic mass is 16.5. The van der Waals surface area contributed by atoms with Gasteiger partial charge in [-0.2, -0.15) is 0 Å². The average molecular weight is 363 g/mol. The molecule has 0 aliphatic carbocycles. The molecular weight excluding hydrogens is 338 g/mol. The van der Waals surface area contributed by atoms with Crippen molar-refractivity contribution in [3.63, 3.8) is 0 Å². The third kappa shape index (κ3) is 3.54. The van der Waals surface area contributed by atoms with Crippen LogP contribution in [0.2, 0.25) is 0 Å². The topological polar surface area (TPSA) is 47.4 Å². The summed E-state index contributed by atoms with van der Waals surface area (Å²) in [7, 11) is 1.66. The number of piperidine rings is 1. The molecule has 1 aromatic heterocycles. The summed E-state index contributed by atoms with van der Waals surface area (Å²) in [5, 5.41) is 0. The lowest BCUT2D eigenvalue weighted by Gasteiger charge is -2.30. The Morgan fingerprint density at radius 1 is 1.11 bits per heavy atom. The summed E-state index contributed by atoms with van der Waals surface area (Å²) >= 11 is 0. The second-order valence-electron chi connectivity index (χ2n) is 7.30. The van der Waals surface area contributed by atoms with Crippen molar-refractivity contribution < 1.29 is 9.53 Å². The van der Waals surface area contributed by atoms with E-state index in [1.54, 1.807) is 7.11 Å². The van der Waals surface area contributed by atoms with E-state index in [1.165, 1.54) is 0 Å². The number of hydrogen-bond donors (Lipinski definition) is 0. The molecule has 0 unspecified atom stereocenters. The van der Waals surface area contributed by atoms with Gasteiger partial charge >= 0.3 is 0 Å². The van der Waals surface area contributed by atoms with Crippen LogP contribution in [0.3, 0.4) is 0 Å². The molecule has 1 aliphatic heterocycles. The highest BCUT2D eigenvalue weighted by Crippen LogP contribution is 2.27. The fourth-order valence-electron chi connectivity index (χ4n) is 3.69. The first kappa shape index (κ1) is 17.6. The van der Waals surface area contributed by atoms with Crippen molar-refractivity contribution in [3.05, 3.63) is 48.5 Å². The first-order chi connectivity index (χ1) is 13.2. The third-order valence-electron chi connectivity index (χ3n) is 5.43. The lowest BCUT2D eigenvalue weighted by molar-refractivity contribution is -0.133. The Bertz CT molecular complexity index is 938. The Kier molecular flexibility index (Phi) is 4.84. The smallest absolute Gasteiger partial charge is 0.242 e. The van der Waals surface area contributed by atoms with Gasteiger partial charge in [-0.1, -0.05) is 19.1 Å². The van der Waals surface area contributed by atoms with Crippen LogP contribution in [0, 0.1) is 5.92 Å². The van der Waals surface area contributed by atoms with Crippen LogP contribution in [-0.2, 0) is 11.3 Å². The molecule has 140 valence electrons. The van der Waals surface area contributed by atoms with Gasteiger partial charge in [-0.15, -0.1) is 0 Å². The number of carbonyl (C=O) groups excluding carboxylic acids is 1. The Labute approximate surface area is 159 Å². The summed E-state index contributed by atoms with van der Waals surface area (Å²) in [6.07, 6.45) is 2.17. The predicted molar refractivity (Wildman–Crippen MR) is 107 cm³/mol. The fraction of sp³-hybridized carbons (Fsp3) is 0.364. The molecule has 1 saturated heterocycles. The maximum atomic E-state index is 13.0. The molecule has 2 aromatic carbocycles. The minimum Gasteiger partial charge on any atom is -0.497 e. The van der Waals surface area contributed by atoms with Crippen molar-refractivity contribution >= 4 is 16.9 Å². The van der Waals surface area contributed by atoms with Gasteiger partial charge in [0.1, 0.15) is 18.1 Å². The lowest BCUT2D eigenvalue weighted by atomic mass is 9.99. The minimum atomic E-state index is 0.166. The van der Waals surface area contributed by atoms with Crippen LogP contribution in [0.25, 0.3) is 22.4 Å². The number of benzene rings is 2. The van der Waals surface area contributed by atoms with Gasteiger partial charge in [0.2, 0.25) is 5.91 Å². The number of para-hydroxylation sites is 2. The minimum absolute atomic E-state index is 0.166. The average Bonchev–Trinajstić information content (AvgIpc) is 3.07. The van der Waals surface area contributed by atoms with E-state index in [1.807, 2.05) is 58.0 Å². The molecule has 4 rings (SSSR count). The van der Waals surface area contributed by atoms with Gasteiger partial charge in [-0.25, -0.2) is 4.98 Å². The van der Waals surface area contributed by atoms with Gasteiger partial charge < -0.3 is 14.2 Å². The molecule has 0 radical (unpaired) electrons. The molecule has 0 N–H and O–H groups in total. The van der Waals surface area contributed by atoms with Crippen LogP contribution < -0.4 is 4.74 Å². The van der Waals surface area contributed by atoms with Crippen molar-refractivity contribution in [2.24, 2.45) is 5.92 Å². The number of fused-ring (bicyclic) bond motifs is 1. The number of amides is 1. The molecule has 1 amide bonds. The zero-order valence-electron chi connectivity index (χ0n) is 15.9. The van der Waals surface area contributed by atoms with Crippen molar-refractivity contribution in [2.45, 2.75) is 26.3 Å². The van der Waals surface area contributed by atoms with Gasteiger partial charge in [0.25, 0.3) is 0 Å². The summed E-state index contributed by atoms with van der Waals surface area (Å²) in [5.74, 6) is 2.50. The molecule has 1 fully saturated rings. The second kappa shape index (κ2) is 7.43. The van der Waals surface area contributed by atoms with Gasteiger partial charge in [0, 0.05) is 18.7 Å². The Hall–Kier alpha value is -2.82. The van der Waals surface area contributed by atoms with Gasteiger partial charge in [0.05, 0.1) is 18.1 Å². The van der Waals surface area contributed by atoms with E-state index in [9.17, 15) is 4.79 Å². The second-order valence-corrected chi connectivity index (χ2v) is 7.30. The van der Waals surface area contributed by atoms with Gasteiger partial charge in [0.15, 0.2) is 0 Å². The van der Waals surface area contributed by atoms with Crippen LogP contribution in [0.5, 0.6) is 5.75 Å². The molecule has 27 heavy (non-hydrogen) atoms. The molecule has 0 spiro atoms. The summed E-state index contributed by atoms with van der Waals surface area (Å²) in [4.78, 5) is 19.7. The van der Waals surface area contributed by atoms with Crippen molar-refractivity contribution in [2.75, 3.05) is 20.2 Å². The van der Waals surface area contributed by atoms with E-state index in [-0.39, 0.29) is 5.91 Å². The molecule has 5 nitrogen and oxygen atoms in total. The maximum absolute atomic E-state index is 13.0. The highest BCUT2D eigenvalue weighted by Gasteiger charge is 2.22. The molecule has 5 heteroatoms. The van der Waals surface area contributed by atoms with Crippen LogP contribution in [0.4, 0.5) is 0 Å². The maximum Gasteiger partial charge on any atom is 0.242 e. The number of methoxy groups -OCH3 is 1. The number of aromatic nitrogens is 2. The number of hydrogen-bond acceptors (Lipinski definition) is 3. The summed E-state index contributed by atoms with van der Waals surface area (Å²) in [6.45, 7) is 4.28. The quantitative estimate of drug-likeness (QED) is 0.705.